The summed E-state index contributed by atoms with van der Waals surface area (Å²) in [4.78, 5) is 16.7. The number of hydrogen-bond acceptors (Lipinski definition) is 8. The zero-order valence-corrected chi connectivity index (χ0v) is 20.9. The first kappa shape index (κ1) is 22.2. The van der Waals surface area contributed by atoms with Crippen molar-refractivity contribution >= 4 is 29.6 Å². The summed E-state index contributed by atoms with van der Waals surface area (Å²) in [6.07, 6.45) is 4.26. The van der Waals surface area contributed by atoms with Gasteiger partial charge in [0.2, 0.25) is 0 Å². The molecule has 0 bridgehead atoms. The molecule has 33 heavy (non-hydrogen) atoms. The zero-order chi connectivity index (χ0) is 23.5. The van der Waals surface area contributed by atoms with Gasteiger partial charge in [-0.05, 0) is 35.4 Å². The van der Waals surface area contributed by atoms with Crippen LogP contribution in [-0.2, 0) is 18.3 Å². The summed E-state index contributed by atoms with van der Waals surface area (Å²) in [5, 5.41) is 0.882. The van der Waals surface area contributed by atoms with E-state index in [1.807, 2.05) is 18.2 Å². The number of fused-ring (bicyclic) bond motifs is 5. The van der Waals surface area contributed by atoms with Gasteiger partial charge in [-0.1, -0.05) is 37.7 Å². The van der Waals surface area contributed by atoms with Gasteiger partial charge in [-0.3, -0.25) is 0 Å². The van der Waals surface area contributed by atoms with Crippen LogP contribution in [0.1, 0.15) is 42.5 Å². The molecule has 0 radical (unpaired) electrons. The van der Waals surface area contributed by atoms with Crippen molar-refractivity contribution in [3.05, 3.63) is 40.5 Å². The van der Waals surface area contributed by atoms with E-state index in [0.29, 0.717) is 17.9 Å². The minimum Gasteiger partial charge on any atom is -0.493 e. The number of aliphatic imine (C=N–C) groups is 2. The van der Waals surface area contributed by atoms with Gasteiger partial charge in [-0.15, -0.1) is 0 Å². The molecule has 174 valence electrons. The lowest BCUT2D eigenvalue weighted by Gasteiger charge is -2.33. The maximum atomic E-state index is 7.05. The fourth-order valence-corrected chi connectivity index (χ4v) is 6.73. The number of pyridine rings is 1. The molecule has 1 aromatic heterocycles. The van der Waals surface area contributed by atoms with Crippen LogP contribution in [0.15, 0.2) is 33.2 Å². The number of nitrogens with zero attached hydrogens (tertiary/aromatic N) is 4. The second-order valence-corrected chi connectivity index (χ2v) is 10.9. The van der Waals surface area contributed by atoms with Crippen LogP contribution in [-0.4, -0.2) is 56.3 Å². The molecule has 0 saturated carbocycles. The van der Waals surface area contributed by atoms with Crippen molar-refractivity contribution < 1.29 is 9.47 Å². The number of thioether (sulfide) groups is 1. The molecule has 0 saturated heterocycles. The highest BCUT2D eigenvalue weighted by atomic mass is 32.2. The lowest BCUT2D eigenvalue weighted by Crippen LogP contribution is -2.53. The number of hydrogen-bond donors (Lipinski definition) is 1. The van der Waals surface area contributed by atoms with Crippen LogP contribution in [0.3, 0.4) is 0 Å². The van der Waals surface area contributed by atoms with Crippen molar-refractivity contribution in [2.45, 2.75) is 54.5 Å². The average Bonchev–Trinajstić information content (AvgIpc) is 3.30. The molecule has 8 heteroatoms. The smallest absolute Gasteiger partial charge is 0.164 e. The Labute approximate surface area is 199 Å². The highest BCUT2D eigenvalue weighted by Gasteiger charge is 2.50. The molecule has 3 heterocycles. The Morgan fingerprint density at radius 2 is 2.00 bits per heavy atom. The normalized spacial score (nSPS) is 24.1. The van der Waals surface area contributed by atoms with Gasteiger partial charge < -0.3 is 20.1 Å². The van der Waals surface area contributed by atoms with Crippen molar-refractivity contribution in [1.82, 2.24) is 4.98 Å². The summed E-state index contributed by atoms with van der Waals surface area (Å²) in [7, 11) is 7.43. The fourth-order valence-electron chi connectivity index (χ4n) is 5.40. The summed E-state index contributed by atoms with van der Waals surface area (Å²) in [6.45, 7) is 4.65. The maximum Gasteiger partial charge on any atom is 0.164 e. The fraction of sp³-hybridized carbons (Fsp3) is 0.480. The van der Waals surface area contributed by atoms with Crippen LogP contribution in [0, 0.1) is 0 Å². The van der Waals surface area contributed by atoms with Gasteiger partial charge in [0.1, 0.15) is 22.8 Å². The molecule has 1 aromatic carbocycles. The Morgan fingerprint density at radius 1 is 1.21 bits per heavy atom. The van der Waals surface area contributed by atoms with Gasteiger partial charge in [-0.2, -0.15) is 0 Å². The minimum atomic E-state index is -0.879. The van der Waals surface area contributed by atoms with E-state index in [9.17, 15) is 0 Å². The van der Waals surface area contributed by atoms with Gasteiger partial charge in [0, 0.05) is 31.6 Å². The molecule has 2 aliphatic heterocycles. The van der Waals surface area contributed by atoms with Crippen molar-refractivity contribution in [2.24, 2.45) is 15.7 Å². The average molecular weight is 466 g/mol. The molecular weight excluding hydrogens is 434 g/mol. The number of rotatable bonds is 5. The molecule has 0 fully saturated rings. The molecule has 5 rings (SSSR count). The molecule has 0 amide bonds. The standard InChI is InChI=1S/C25H31N5O2S/c1-24(2)11-10-15-18(24)17-19-21(33-23(17)29-22(15)30(3)4)25(26,28-13-27-19)12-14-8-7-9-16(31-5)20(14)32-6/h7-9,13,21H,10-12,26H2,1-6H3. The molecular formula is C25H31N5O2S. The van der Waals surface area contributed by atoms with Crippen LogP contribution < -0.4 is 20.1 Å². The van der Waals surface area contributed by atoms with Crippen LogP contribution in [0.25, 0.3) is 0 Å². The van der Waals surface area contributed by atoms with Crippen molar-refractivity contribution in [1.29, 1.82) is 0 Å². The van der Waals surface area contributed by atoms with Crippen molar-refractivity contribution in [3.8, 4) is 11.5 Å². The summed E-state index contributed by atoms with van der Waals surface area (Å²) in [5.74, 6) is 2.44. The highest BCUT2D eigenvalue weighted by molar-refractivity contribution is 8.01. The summed E-state index contributed by atoms with van der Waals surface area (Å²) in [6, 6.07) is 5.87. The third kappa shape index (κ3) is 3.34. The third-order valence-corrected chi connectivity index (χ3v) is 8.37. The first-order chi connectivity index (χ1) is 15.7. The molecule has 7 nitrogen and oxygen atoms in total. The summed E-state index contributed by atoms with van der Waals surface area (Å²) in [5.41, 5.74) is 12.1. The van der Waals surface area contributed by atoms with Crippen LogP contribution in [0.4, 0.5) is 5.82 Å². The van der Waals surface area contributed by atoms with E-state index in [1.165, 1.54) is 16.7 Å². The number of aromatic nitrogens is 1. The second-order valence-electron chi connectivity index (χ2n) is 9.82. The highest BCUT2D eigenvalue weighted by Crippen LogP contribution is 2.52. The number of para-hydroxylation sites is 1. The van der Waals surface area contributed by atoms with Crippen LogP contribution in [0.5, 0.6) is 11.5 Å². The lowest BCUT2D eigenvalue weighted by atomic mass is 9.81. The van der Waals surface area contributed by atoms with Gasteiger partial charge in [-0.25, -0.2) is 15.0 Å². The summed E-state index contributed by atoms with van der Waals surface area (Å²) < 4.78 is 11.2. The largest absolute Gasteiger partial charge is 0.493 e. The van der Waals surface area contributed by atoms with Gasteiger partial charge in [0.05, 0.1) is 25.2 Å². The SMILES string of the molecule is COc1cccc(CC2(N)N=CN=C3c4c(nc(N(C)C)c5c4C(C)(C)CC5)SC32)c1OC. The molecule has 3 aliphatic rings. The van der Waals surface area contributed by atoms with E-state index in [-0.39, 0.29) is 10.7 Å². The number of nitrogens with two attached hydrogens (primary N) is 1. The molecule has 0 spiro atoms. The Bertz CT molecular complexity index is 1190. The van der Waals surface area contributed by atoms with Gasteiger partial charge in [0.25, 0.3) is 0 Å². The number of anilines is 1. The van der Waals surface area contributed by atoms with E-state index in [1.54, 1.807) is 32.3 Å². The molecule has 2 atom stereocenters. The minimum absolute atomic E-state index is 0.0625. The number of methoxy groups -OCH3 is 2. The Balaban J connectivity index is 1.60. The van der Waals surface area contributed by atoms with Gasteiger partial charge >= 0.3 is 0 Å². The predicted molar refractivity (Wildman–Crippen MR) is 135 cm³/mol. The topological polar surface area (TPSA) is 85.3 Å². The van der Waals surface area contributed by atoms with E-state index in [0.717, 1.165) is 35.0 Å². The predicted octanol–water partition coefficient (Wildman–Crippen LogP) is 3.59. The van der Waals surface area contributed by atoms with E-state index < -0.39 is 5.66 Å². The molecule has 2 N–H and O–H groups in total. The van der Waals surface area contributed by atoms with Gasteiger partial charge in [0.15, 0.2) is 11.5 Å². The molecule has 2 unspecified atom stereocenters. The van der Waals surface area contributed by atoms with E-state index in [2.05, 4.69) is 32.8 Å². The Hall–Kier alpha value is -2.58. The third-order valence-electron chi connectivity index (χ3n) is 6.98. The molecule has 2 aromatic rings. The summed E-state index contributed by atoms with van der Waals surface area (Å²) >= 11 is 1.69. The lowest BCUT2D eigenvalue weighted by molar-refractivity contribution is 0.347. The monoisotopic (exact) mass is 465 g/mol. The van der Waals surface area contributed by atoms with Crippen LogP contribution >= 0.6 is 11.8 Å². The zero-order valence-electron chi connectivity index (χ0n) is 20.1. The quantitative estimate of drug-likeness (QED) is 0.726. The first-order valence-corrected chi connectivity index (χ1v) is 12.1. The first-order valence-electron chi connectivity index (χ1n) is 11.2. The van der Waals surface area contributed by atoms with Crippen LogP contribution in [0.2, 0.25) is 0 Å². The molecule has 1 aliphatic carbocycles. The van der Waals surface area contributed by atoms with E-state index in [4.69, 9.17) is 30.2 Å². The number of ether oxygens (including phenoxy) is 2. The second kappa shape index (κ2) is 7.74. The van der Waals surface area contributed by atoms with Crippen molar-refractivity contribution in [3.63, 3.8) is 0 Å². The maximum absolute atomic E-state index is 7.05. The Kier molecular flexibility index (Phi) is 5.21. The Morgan fingerprint density at radius 3 is 2.70 bits per heavy atom. The van der Waals surface area contributed by atoms with E-state index >= 15 is 0 Å². The number of benzene rings is 1. The van der Waals surface area contributed by atoms with Crippen molar-refractivity contribution in [2.75, 3.05) is 33.2 Å².